The molecule has 0 atom stereocenters. The van der Waals surface area contributed by atoms with E-state index in [0.29, 0.717) is 18.0 Å². The highest BCUT2D eigenvalue weighted by molar-refractivity contribution is 5.91. The number of hydrogen-bond donors (Lipinski definition) is 1. The molecule has 0 bridgehead atoms. The van der Waals surface area contributed by atoms with Gasteiger partial charge in [-0.25, -0.2) is 0 Å². The average Bonchev–Trinajstić information content (AvgIpc) is 3.52. The Morgan fingerprint density at radius 2 is 1.70 bits per heavy atom. The van der Waals surface area contributed by atoms with Crippen molar-refractivity contribution in [2.24, 2.45) is 0 Å². The van der Waals surface area contributed by atoms with Crippen molar-refractivity contribution < 1.29 is 19.1 Å². The van der Waals surface area contributed by atoms with Crippen LogP contribution in [0.2, 0.25) is 0 Å². The fourth-order valence-corrected chi connectivity index (χ4v) is 2.82. The van der Waals surface area contributed by atoms with E-state index < -0.39 is 0 Å². The third-order valence-corrected chi connectivity index (χ3v) is 4.37. The smallest absolute Gasteiger partial charge is 0.260 e. The van der Waals surface area contributed by atoms with Gasteiger partial charge in [0.1, 0.15) is 0 Å². The molecule has 1 N–H and O–H groups in total. The molecular formula is C21H24N2O4. The molecule has 2 amide bonds. The summed E-state index contributed by atoms with van der Waals surface area (Å²) in [4.78, 5) is 26.5. The molecule has 3 rings (SSSR count). The zero-order valence-electron chi connectivity index (χ0n) is 15.4. The second-order valence-corrected chi connectivity index (χ2v) is 6.42. The van der Waals surface area contributed by atoms with Crippen LogP contribution in [0, 0.1) is 0 Å². The zero-order chi connectivity index (χ0) is 19.1. The Balaban J connectivity index is 1.51. The van der Waals surface area contributed by atoms with Gasteiger partial charge < -0.3 is 19.7 Å². The molecule has 1 aliphatic rings. The number of amides is 2. The van der Waals surface area contributed by atoms with Crippen molar-refractivity contribution in [3.05, 3.63) is 54.6 Å². The van der Waals surface area contributed by atoms with E-state index in [1.807, 2.05) is 42.5 Å². The Bertz CT molecular complexity index is 775. The van der Waals surface area contributed by atoms with E-state index in [1.165, 1.54) is 0 Å². The molecule has 0 heterocycles. The highest BCUT2D eigenvalue weighted by atomic mass is 16.5. The van der Waals surface area contributed by atoms with Gasteiger partial charge in [0.15, 0.2) is 18.1 Å². The van der Waals surface area contributed by atoms with Crippen LogP contribution in [0.5, 0.6) is 11.5 Å². The number of carbonyl (C=O) groups is 2. The average molecular weight is 368 g/mol. The molecular weight excluding hydrogens is 344 g/mol. The van der Waals surface area contributed by atoms with E-state index in [4.69, 9.17) is 9.47 Å². The van der Waals surface area contributed by atoms with Crippen molar-refractivity contribution in [1.29, 1.82) is 0 Å². The number of ether oxygens (including phenoxy) is 2. The van der Waals surface area contributed by atoms with E-state index in [-0.39, 0.29) is 30.9 Å². The van der Waals surface area contributed by atoms with Crippen molar-refractivity contribution >= 4 is 17.5 Å². The summed E-state index contributed by atoms with van der Waals surface area (Å²) in [6, 6.07) is 16.7. The van der Waals surface area contributed by atoms with Crippen molar-refractivity contribution in [2.45, 2.75) is 25.3 Å². The fourth-order valence-electron chi connectivity index (χ4n) is 2.82. The lowest BCUT2D eigenvalue weighted by Gasteiger charge is -2.22. The molecule has 0 radical (unpaired) electrons. The van der Waals surface area contributed by atoms with Crippen LogP contribution in [0.3, 0.4) is 0 Å². The number of para-hydroxylation sites is 3. The summed E-state index contributed by atoms with van der Waals surface area (Å²) in [7, 11) is 1.56. The quantitative estimate of drug-likeness (QED) is 0.739. The monoisotopic (exact) mass is 368 g/mol. The Morgan fingerprint density at radius 1 is 1.04 bits per heavy atom. The fraction of sp³-hybridized carbons (Fsp3) is 0.333. The summed E-state index contributed by atoms with van der Waals surface area (Å²) < 4.78 is 10.9. The summed E-state index contributed by atoms with van der Waals surface area (Å²) in [5, 5.41) is 2.84. The van der Waals surface area contributed by atoms with Gasteiger partial charge in [-0.3, -0.25) is 9.59 Å². The van der Waals surface area contributed by atoms with Crippen molar-refractivity contribution in [1.82, 2.24) is 4.90 Å². The number of benzene rings is 2. The lowest BCUT2D eigenvalue weighted by atomic mass is 10.3. The summed E-state index contributed by atoms with van der Waals surface area (Å²) in [6.45, 7) is 0.314. The number of methoxy groups -OCH3 is 1. The molecule has 0 saturated heterocycles. The van der Waals surface area contributed by atoms with Crippen LogP contribution < -0.4 is 14.8 Å². The zero-order valence-corrected chi connectivity index (χ0v) is 15.4. The highest BCUT2D eigenvalue weighted by Crippen LogP contribution is 2.28. The van der Waals surface area contributed by atoms with Crippen molar-refractivity contribution in [3.63, 3.8) is 0 Å². The van der Waals surface area contributed by atoms with E-state index in [9.17, 15) is 9.59 Å². The Labute approximate surface area is 159 Å². The number of nitrogens with zero attached hydrogens (tertiary/aromatic N) is 1. The maximum atomic E-state index is 12.6. The van der Waals surface area contributed by atoms with Gasteiger partial charge in [-0.1, -0.05) is 30.3 Å². The van der Waals surface area contributed by atoms with E-state index >= 15 is 0 Å². The molecule has 2 aromatic carbocycles. The van der Waals surface area contributed by atoms with Gasteiger partial charge >= 0.3 is 0 Å². The largest absolute Gasteiger partial charge is 0.493 e. The van der Waals surface area contributed by atoms with Crippen LogP contribution in [0.15, 0.2) is 54.6 Å². The summed E-state index contributed by atoms with van der Waals surface area (Å²) in [5.41, 5.74) is 0.756. The Morgan fingerprint density at radius 3 is 2.37 bits per heavy atom. The van der Waals surface area contributed by atoms with Gasteiger partial charge in [0, 0.05) is 24.7 Å². The highest BCUT2D eigenvalue weighted by Gasteiger charge is 2.32. The molecule has 27 heavy (non-hydrogen) atoms. The van der Waals surface area contributed by atoms with Gasteiger partial charge in [-0.05, 0) is 37.1 Å². The van der Waals surface area contributed by atoms with Gasteiger partial charge in [0.05, 0.1) is 7.11 Å². The van der Waals surface area contributed by atoms with Crippen molar-refractivity contribution in [3.8, 4) is 11.5 Å². The number of rotatable bonds is 9. The van der Waals surface area contributed by atoms with Crippen molar-refractivity contribution in [2.75, 3.05) is 25.6 Å². The lowest BCUT2D eigenvalue weighted by Crippen LogP contribution is -2.38. The van der Waals surface area contributed by atoms with E-state index in [0.717, 1.165) is 18.5 Å². The lowest BCUT2D eigenvalue weighted by molar-refractivity contribution is -0.134. The molecule has 6 nitrogen and oxygen atoms in total. The minimum atomic E-state index is -0.115. The van der Waals surface area contributed by atoms with Crippen LogP contribution in [-0.4, -0.2) is 43.0 Å². The van der Waals surface area contributed by atoms with Gasteiger partial charge in [-0.15, -0.1) is 0 Å². The first kappa shape index (κ1) is 18.8. The van der Waals surface area contributed by atoms with Crippen LogP contribution in [0.4, 0.5) is 5.69 Å². The molecule has 1 saturated carbocycles. The summed E-state index contributed by atoms with van der Waals surface area (Å²) >= 11 is 0. The molecule has 6 heteroatoms. The number of hydrogen-bond acceptors (Lipinski definition) is 4. The first-order valence-electron chi connectivity index (χ1n) is 9.07. The van der Waals surface area contributed by atoms with Gasteiger partial charge in [-0.2, -0.15) is 0 Å². The minimum Gasteiger partial charge on any atom is -0.493 e. The van der Waals surface area contributed by atoms with E-state index in [2.05, 4.69) is 5.32 Å². The predicted octanol–water partition coefficient (Wildman–Crippen LogP) is 3.09. The maximum Gasteiger partial charge on any atom is 0.260 e. The third-order valence-electron chi connectivity index (χ3n) is 4.37. The first-order valence-corrected chi connectivity index (χ1v) is 9.07. The molecule has 1 aliphatic carbocycles. The predicted molar refractivity (Wildman–Crippen MR) is 103 cm³/mol. The van der Waals surface area contributed by atoms with E-state index in [1.54, 1.807) is 24.1 Å². The number of nitrogens with one attached hydrogen (secondary N) is 1. The summed E-state index contributed by atoms with van der Waals surface area (Å²) in [6.07, 6.45) is 2.20. The third kappa shape index (κ3) is 5.48. The summed E-state index contributed by atoms with van der Waals surface area (Å²) in [5.74, 6) is 0.901. The molecule has 142 valence electrons. The molecule has 0 spiro atoms. The molecule has 0 aromatic heterocycles. The van der Waals surface area contributed by atoms with Gasteiger partial charge in [0.25, 0.3) is 5.91 Å². The maximum absolute atomic E-state index is 12.6. The standard InChI is InChI=1S/C21H24N2O4/c1-26-18-9-5-6-10-19(18)27-15-21(25)23(17-11-12-17)14-13-20(24)22-16-7-3-2-4-8-16/h2-10,17H,11-15H2,1H3,(H,22,24). The molecule has 2 aromatic rings. The molecule has 0 aliphatic heterocycles. The topological polar surface area (TPSA) is 67.9 Å². The Hall–Kier alpha value is -3.02. The SMILES string of the molecule is COc1ccccc1OCC(=O)N(CCC(=O)Nc1ccccc1)C1CC1. The van der Waals surface area contributed by atoms with Crippen LogP contribution in [-0.2, 0) is 9.59 Å². The van der Waals surface area contributed by atoms with Crippen LogP contribution in [0.1, 0.15) is 19.3 Å². The molecule has 1 fully saturated rings. The number of carbonyl (C=O) groups excluding carboxylic acids is 2. The van der Waals surface area contributed by atoms with Crippen LogP contribution in [0.25, 0.3) is 0 Å². The normalized spacial score (nSPS) is 12.9. The second kappa shape index (κ2) is 9.07. The molecule has 0 unspecified atom stereocenters. The Kier molecular flexibility index (Phi) is 6.30. The van der Waals surface area contributed by atoms with Gasteiger partial charge in [0.2, 0.25) is 5.91 Å². The number of anilines is 1. The minimum absolute atomic E-state index is 0.0722. The first-order chi connectivity index (χ1) is 13.2. The van der Waals surface area contributed by atoms with Crippen LogP contribution >= 0.6 is 0 Å². The second-order valence-electron chi connectivity index (χ2n) is 6.42.